The molecule has 0 saturated carbocycles. The Morgan fingerprint density at radius 3 is 2.77 bits per heavy atom. The molecule has 5 heteroatoms. The summed E-state index contributed by atoms with van der Waals surface area (Å²) >= 11 is 1.39. The van der Waals surface area contributed by atoms with Crippen LogP contribution in [0, 0.1) is 0 Å². The number of hydrogen-bond acceptors (Lipinski definition) is 4. The predicted octanol–water partition coefficient (Wildman–Crippen LogP) is 1.23. The topological polar surface area (TPSA) is 58.6 Å². The van der Waals surface area contributed by atoms with Crippen LogP contribution in [0.15, 0.2) is 9.95 Å². The number of aromatic nitrogens is 3. The minimum atomic E-state index is -0.104. The Bertz CT molecular complexity index is 323. The van der Waals surface area contributed by atoms with Gasteiger partial charge in [0.1, 0.15) is 5.69 Å². The Balaban J connectivity index is 2.80. The Morgan fingerprint density at radius 1 is 1.46 bits per heavy atom. The van der Waals surface area contributed by atoms with Gasteiger partial charge < -0.3 is 0 Å². The highest BCUT2D eigenvalue weighted by molar-refractivity contribution is 7.98. The van der Waals surface area contributed by atoms with E-state index in [4.69, 9.17) is 0 Å². The van der Waals surface area contributed by atoms with E-state index in [9.17, 15) is 4.79 Å². The third-order valence-electron chi connectivity index (χ3n) is 1.70. The van der Waals surface area contributed by atoms with Crippen LogP contribution < -0.4 is 5.56 Å². The average molecular weight is 199 g/mol. The van der Waals surface area contributed by atoms with Crippen LogP contribution in [0.3, 0.4) is 0 Å². The van der Waals surface area contributed by atoms with Crippen LogP contribution in [0.2, 0.25) is 0 Å². The first-order chi connectivity index (χ1) is 6.27. The summed E-state index contributed by atoms with van der Waals surface area (Å²) < 4.78 is 0. The van der Waals surface area contributed by atoms with Gasteiger partial charge in [-0.2, -0.15) is 0 Å². The van der Waals surface area contributed by atoms with Gasteiger partial charge in [-0.1, -0.05) is 25.1 Å². The molecule has 0 spiro atoms. The molecule has 4 nitrogen and oxygen atoms in total. The molecule has 0 aliphatic rings. The summed E-state index contributed by atoms with van der Waals surface area (Å²) in [5.41, 5.74) is 0.437. The van der Waals surface area contributed by atoms with Crippen molar-refractivity contribution in [2.45, 2.75) is 31.3 Å². The Hall–Kier alpha value is -0.840. The normalized spacial score (nSPS) is 10.3. The molecule has 1 rings (SSSR count). The first kappa shape index (κ1) is 10.2. The van der Waals surface area contributed by atoms with E-state index in [2.05, 4.69) is 22.1 Å². The highest BCUT2D eigenvalue weighted by Crippen LogP contribution is 2.03. The number of nitrogens with one attached hydrogen (secondary N) is 1. The van der Waals surface area contributed by atoms with Crippen molar-refractivity contribution >= 4 is 11.8 Å². The standard InChI is InChI=1S/C8H13N3OS/c1-3-4-5-6-7(12)9-8(13-2)11-10-6/h3-5H2,1-2H3,(H,9,11,12). The van der Waals surface area contributed by atoms with E-state index in [0.29, 0.717) is 17.3 Å². The van der Waals surface area contributed by atoms with Crippen LogP contribution in [0.5, 0.6) is 0 Å². The molecule has 1 aromatic heterocycles. The number of rotatable bonds is 4. The van der Waals surface area contributed by atoms with Crippen LogP contribution >= 0.6 is 11.8 Å². The van der Waals surface area contributed by atoms with Gasteiger partial charge in [0, 0.05) is 0 Å². The lowest BCUT2D eigenvalue weighted by molar-refractivity contribution is 0.708. The molecule has 0 aliphatic carbocycles. The van der Waals surface area contributed by atoms with Gasteiger partial charge in [0.25, 0.3) is 5.56 Å². The van der Waals surface area contributed by atoms with Gasteiger partial charge in [-0.15, -0.1) is 10.2 Å². The van der Waals surface area contributed by atoms with Crippen LogP contribution in [-0.2, 0) is 6.42 Å². The molecule has 0 radical (unpaired) electrons. The second-order valence-corrected chi connectivity index (χ2v) is 3.51. The van der Waals surface area contributed by atoms with Crippen molar-refractivity contribution in [3.05, 3.63) is 16.0 Å². The predicted molar refractivity (Wildman–Crippen MR) is 53.0 cm³/mol. The molecule has 13 heavy (non-hydrogen) atoms. The molecule has 1 N–H and O–H groups in total. The van der Waals surface area contributed by atoms with Crippen LogP contribution in [0.4, 0.5) is 0 Å². The van der Waals surface area contributed by atoms with Crippen molar-refractivity contribution in [2.75, 3.05) is 6.26 Å². The first-order valence-corrected chi connectivity index (χ1v) is 5.50. The molecule has 0 amide bonds. The van der Waals surface area contributed by atoms with Crippen LogP contribution in [0.1, 0.15) is 25.5 Å². The lowest BCUT2D eigenvalue weighted by atomic mass is 10.2. The van der Waals surface area contributed by atoms with E-state index < -0.39 is 0 Å². The zero-order chi connectivity index (χ0) is 9.68. The van der Waals surface area contributed by atoms with Crippen LogP contribution in [-0.4, -0.2) is 21.4 Å². The van der Waals surface area contributed by atoms with Crippen LogP contribution in [0.25, 0.3) is 0 Å². The second kappa shape index (κ2) is 5.01. The van der Waals surface area contributed by atoms with E-state index in [1.807, 2.05) is 6.26 Å². The summed E-state index contributed by atoms with van der Waals surface area (Å²) in [7, 11) is 0. The molecule has 0 aromatic carbocycles. The van der Waals surface area contributed by atoms with Gasteiger partial charge >= 0.3 is 0 Å². The van der Waals surface area contributed by atoms with Crippen molar-refractivity contribution in [1.82, 2.24) is 15.2 Å². The Kier molecular flexibility index (Phi) is 3.95. The number of aryl methyl sites for hydroxylation is 1. The minimum absolute atomic E-state index is 0.104. The summed E-state index contributed by atoms with van der Waals surface area (Å²) in [6, 6.07) is 0. The van der Waals surface area contributed by atoms with Crippen molar-refractivity contribution in [1.29, 1.82) is 0 Å². The van der Waals surface area contributed by atoms with Crippen molar-refractivity contribution < 1.29 is 0 Å². The van der Waals surface area contributed by atoms with Gasteiger partial charge in [0.2, 0.25) is 0 Å². The molecule has 0 aliphatic heterocycles. The summed E-state index contributed by atoms with van der Waals surface area (Å²) in [6.45, 7) is 2.08. The number of thioether (sulfide) groups is 1. The molecule has 1 heterocycles. The van der Waals surface area contributed by atoms with E-state index in [1.165, 1.54) is 11.8 Å². The summed E-state index contributed by atoms with van der Waals surface area (Å²) in [5.74, 6) is 0. The largest absolute Gasteiger partial charge is 0.298 e. The van der Waals surface area contributed by atoms with E-state index >= 15 is 0 Å². The molecule has 0 unspecified atom stereocenters. The zero-order valence-corrected chi connectivity index (χ0v) is 8.65. The first-order valence-electron chi connectivity index (χ1n) is 4.27. The second-order valence-electron chi connectivity index (χ2n) is 2.71. The highest BCUT2D eigenvalue weighted by atomic mass is 32.2. The average Bonchev–Trinajstić information content (AvgIpc) is 2.16. The van der Waals surface area contributed by atoms with E-state index in [1.54, 1.807) is 0 Å². The molecule has 0 atom stereocenters. The minimum Gasteiger partial charge on any atom is -0.298 e. The number of hydrogen-bond donors (Lipinski definition) is 1. The van der Waals surface area contributed by atoms with Gasteiger partial charge in [0.15, 0.2) is 5.16 Å². The number of aromatic amines is 1. The summed E-state index contributed by atoms with van der Waals surface area (Å²) in [6.07, 6.45) is 4.61. The lowest BCUT2D eigenvalue weighted by Gasteiger charge is -1.97. The highest BCUT2D eigenvalue weighted by Gasteiger charge is 2.02. The molecule has 0 fully saturated rings. The fourth-order valence-electron chi connectivity index (χ4n) is 0.945. The van der Waals surface area contributed by atoms with Crippen molar-refractivity contribution in [3.8, 4) is 0 Å². The molecule has 0 bridgehead atoms. The molecule has 72 valence electrons. The Labute approximate surface area is 81.2 Å². The monoisotopic (exact) mass is 199 g/mol. The smallest absolute Gasteiger partial charge is 0.273 e. The van der Waals surface area contributed by atoms with Gasteiger partial charge in [0.05, 0.1) is 0 Å². The maximum absolute atomic E-state index is 11.3. The molecule has 1 aromatic rings. The fourth-order valence-corrected chi connectivity index (χ4v) is 1.26. The quantitative estimate of drug-likeness (QED) is 0.741. The third-order valence-corrected chi connectivity index (χ3v) is 2.27. The SMILES string of the molecule is CCCCc1nnc(SC)[nH]c1=O. The third kappa shape index (κ3) is 2.84. The molecule has 0 saturated heterocycles. The maximum Gasteiger partial charge on any atom is 0.273 e. The number of H-pyrrole nitrogens is 1. The Morgan fingerprint density at radius 2 is 2.23 bits per heavy atom. The summed E-state index contributed by atoms with van der Waals surface area (Å²) in [4.78, 5) is 14.0. The molecular weight excluding hydrogens is 186 g/mol. The van der Waals surface area contributed by atoms with Gasteiger partial charge in [-0.25, -0.2) is 0 Å². The van der Waals surface area contributed by atoms with Crippen molar-refractivity contribution in [3.63, 3.8) is 0 Å². The number of nitrogens with zero attached hydrogens (tertiary/aromatic N) is 2. The zero-order valence-electron chi connectivity index (χ0n) is 7.83. The molecular formula is C8H13N3OS. The summed E-state index contributed by atoms with van der Waals surface area (Å²) in [5, 5.41) is 8.31. The van der Waals surface area contributed by atoms with Crippen molar-refractivity contribution in [2.24, 2.45) is 0 Å². The maximum atomic E-state index is 11.3. The van der Waals surface area contributed by atoms with E-state index in [-0.39, 0.29) is 5.56 Å². The van der Waals surface area contributed by atoms with E-state index in [0.717, 1.165) is 12.8 Å². The number of unbranched alkanes of at least 4 members (excludes halogenated alkanes) is 1. The van der Waals surface area contributed by atoms with Gasteiger partial charge in [-0.05, 0) is 19.1 Å². The lowest BCUT2D eigenvalue weighted by Crippen LogP contribution is -2.17. The van der Waals surface area contributed by atoms with Gasteiger partial charge in [-0.3, -0.25) is 9.78 Å². The fraction of sp³-hybridized carbons (Fsp3) is 0.625.